The molecule has 6 heteroatoms. The zero-order valence-corrected chi connectivity index (χ0v) is 17.1. The van der Waals surface area contributed by atoms with Gasteiger partial charge in [-0.3, -0.25) is 9.69 Å². The molecule has 4 rings (SSSR count). The van der Waals surface area contributed by atoms with Crippen molar-refractivity contribution in [3.8, 4) is 5.75 Å². The van der Waals surface area contributed by atoms with Crippen molar-refractivity contribution < 1.29 is 19.4 Å². The number of anilines is 1. The molecule has 0 atom stereocenters. The molecule has 0 saturated heterocycles. The monoisotopic (exact) mass is 412 g/mol. The number of esters is 1. The van der Waals surface area contributed by atoms with Crippen LogP contribution in [0.2, 0.25) is 0 Å². The van der Waals surface area contributed by atoms with Gasteiger partial charge in [0, 0.05) is 5.56 Å². The van der Waals surface area contributed by atoms with E-state index in [4.69, 9.17) is 4.74 Å². The number of carbonyl (C=O) groups excluding carboxylic acids is 2. The lowest BCUT2D eigenvalue weighted by molar-refractivity contribution is -0.113. The van der Waals surface area contributed by atoms with Crippen LogP contribution in [0.25, 0.3) is 6.08 Å². The molecule has 154 valence electrons. The van der Waals surface area contributed by atoms with Gasteiger partial charge in [0.25, 0.3) is 5.91 Å². The molecule has 0 saturated carbocycles. The van der Waals surface area contributed by atoms with Gasteiger partial charge in [-0.2, -0.15) is 0 Å². The number of benzene rings is 3. The Morgan fingerprint density at radius 2 is 1.61 bits per heavy atom. The van der Waals surface area contributed by atoms with Crippen molar-refractivity contribution in [2.75, 3.05) is 12.0 Å². The SMILES string of the molecule is COC(=O)c1ccc(C=C2N=C(c3ccc(C)cc3)N(c3ccc(O)cc3)C2=O)cc1. The Morgan fingerprint density at radius 3 is 2.23 bits per heavy atom. The molecule has 0 spiro atoms. The molecule has 3 aromatic carbocycles. The Balaban J connectivity index is 1.75. The molecule has 1 heterocycles. The lowest BCUT2D eigenvalue weighted by atomic mass is 10.1. The first-order valence-electron chi connectivity index (χ1n) is 9.65. The third-order valence-electron chi connectivity index (χ3n) is 4.91. The molecule has 0 bridgehead atoms. The van der Waals surface area contributed by atoms with Gasteiger partial charge in [-0.1, -0.05) is 42.0 Å². The van der Waals surface area contributed by atoms with Gasteiger partial charge in [0.05, 0.1) is 18.4 Å². The summed E-state index contributed by atoms with van der Waals surface area (Å²) in [7, 11) is 1.33. The minimum absolute atomic E-state index is 0.116. The highest BCUT2D eigenvalue weighted by atomic mass is 16.5. The van der Waals surface area contributed by atoms with E-state index in [0.717, 1.165) is 16.7 Å². The summed E-state index contributed by atoms with van der Waals surface area (Å²) in [6.07, 6.45) is 1.68. The van der Waals surface area contributed by atoms with Crippen molar-refractivity contribution in [1.29, 1.82) is 0 Å². The molecule has 0 aliphatic carbocycles. The van der Waals surface area contributed by atoms with Crippen LogP contribution in [-0.4, -0.2) is 29.9 Å². The van der Waals surface area contributed by atoms with Crippen LogP contribution in [0.5, 0.6) is 5.75 Å². The maximum absolute atomic E-state index is 13.3. The number of phenolic OH excluding ortho intramolecular Hbond substituents is 1. The molecule has 31 heavy (non-hydrogen) atoms. The summed E-state index contributed by atoms with van der Waals surface area (Å²) in [5, 5.41) is 9.63. The van der Waals surface area contributed by atoms with Crippen LogP contribution in [0.4, 0.5) is 5.69 Å². The standard InChI is InChI=1S/C25H20N2O4/c1-16-3-7-18(8-4-16)23-26-22(15-17-5-9-19(10-6-17)25(30)31-2)24(29)27(23)20-11-13-21(28)14-12-20/h3-15,28H,1-2H3. The Kier molecular flexibility index (Phi) is 5.37. The van der Waals surface area contributed by atoms with E-state index in [-0.39, 0.29) is 17.4 Å². The van der Waals surface area contributed by atoms with E-state index < -0.39 is 5.97 Å². The second-order valence-electron chi connectivity index (χ2n) is 7.10. The van der Waals surface area contributed by atoms with Crippen LogP contribution in [0.15, 0.2) is 83.5 Å². The number of hydrogen-bond acceptors (Lipinski definition) is 5. The topological polar surface area (TPSA) is 79.2 Å². The number of methoxy groups -OCH3 is 1. The lowest BCUT2D eigenvalue weighted by Crippen LogP contribution is -2.32. The third-order valence-corrected chi connectivity index (χ3v) is 4.91. The van der Waals surface area contributed by atoms with E-state index >= 15 is 0 Å². The second-order valence-corrected chi connectivity index (χ2v) is 7.10. The van der Waals surface area contributed by atoms with E-state index in [1.807, 2.05) is 31.2 Å². The molecule has 1 amide bonds. The number of aromatic hydroxyl groups is 1. The smallest absolute Gasteiger partial charge is 0.337 e. The van der Waals surface area contributed by atoms with Gasteiger partial charge in [-0.15, -0.1) is 0 Å². The number of aryl methyl sites for hydroxylation is 1. The fraction of sp³-hybridized carbons (Fsp3) is 0.0800. The molecule has 1 N–H and O–H groups in total. The van der Waals surface area contributed by atoms with Crippen LogP contribution >= 0.6 is 0 Å². The Bertz CT molecular complexity index is 1190. The number of carbonyl (C=O) groups is 2. The van der Waals surface area contributed by atoms with Crippen LogP contribution in [0, 0.1) is 6.92 Å². The number of nitrogens with zero attached hydrogens (tertiary/aromatic N) is 2. The minimum atomic E-state index is -0.422. The highest BCUT2D eigenvalue weighted by Crippen LogP contribution is 2.29. The first-order chi connectivity index (χ1) is 15.0. The second kappa shape index (κ2) is 8.28. The molecule has 0 aromatic heterocycles. The van der Waals surface area contributed by atoms with Gasteiger partial charge >= 0.3 is 5.97 Å². The minimum Gasteiger partial charge on any atom is -0.508 e. The Morgan fingerprint density at radius 1 is 0.968 bits per heavy atom. The quantitative estimate of drug-likeness (QED) is 0.511. The Hall–Kier alpha value is -4.19. The van der Waals surface area contributed by atoms with Crippen LogP contribution in [-0.2, 0) is 9.53 Å². The van der Waals surface area contributed by atoms with Gasteiger partial charge in [-0.05, 0) is 55.0 Å². The van der Waals surface area contributed by atoms with Crippen molar-refractivity contribution >= 4 is 29.5 Å². The molecule has 0 radical (unpaired) electrons. The molecule has 3 aromatic rings. The van der Waals surface area contributed by atoms with Crippen LogP contribution < -0.4 is 4.90 Å². The molecule has 6 nitrogen and oxygen atoms in total. The summed E-state index contributed by atoms with van der Waals surface area (Å²) in [5.74, 6) is -0.0774. The highest BCUT2D eigenvalue weighted by Gasteiger charge is 2.32. The number of phenols is 1. The van der Waals surface area contributed by atoms with E-state index in [9.17, 15) is 14.7 Å². The largest absolute Gasteiger partial charge is 0.508 e. The summed E-state index contributed by atoms with van der Waals surface area (Å²) in [5.41, 5.74) is 3.94. The van der Waals surface area contributed by atoms with E-state index in [0.29, 0.717) is 17.1 Å². The lowest BCUT2D eigenvalue weighted by Gasteiger charge is -2.18. The van der Waals surface area contributed by atoms with Crippen molar-refractivity contribution in [1.82, 2.24) is 0 Å². The zero-order chi connectivity index (χ0) is 22.0. The predicted molar refractivity (Wildman–Crippen MR) is 119 cm³/mol. The highest BCUT2D eigenvalue weighted by molar-refractivity contribution is 6.33. The molecule has 0 fully saturated rings. The van der Waals surface area contributed by atoms with Crippen molar-refractivity contribution in [2.45, 2.75) is 6.92 Å². The first kappa shape index (κ1) is 20.1. The summed E-state index contributed by atoms with van der Waals surface area (Å²) < 4.78 is 4.71. The average Bonchev–Trinajstić information content (AvgIpc) is 3.10. The summed E-state index contributed by atoms with van der Waals surface area (Å²) in [4.78, 5) is 31.0. The fourth-order valence-electron chi connectivity index (χ4n) is 3.25. The first-order valence-corrected chi connectivity index (χ1v) is 9.65. The van der Waals surface area contributed by atoms with Crippen molar-refractivity contribution in [2.24, 2.45) is 4.99 Å². The summed E-state index contributed by atoms with van der Waals surface area (Å²) >= 11 is 0. The molecule has 1 aliphatic rings. The molecular formula is C25H20N2O4. The summed E-state index contributed by atoms with van der Waals surface area (Å²) in [6.45, 7) is 1.99. The molecular weight excluding hydrogens is 392 g/mol. The third kappa shape index (κ3) is 4.09. The fourth-order valence-corrected chi connectivity index (χ4v) is 3.25. The molecule has 1 aliphatic heterocycles. The van der Waals surface area contributed by atoms with Gasteiger partial charge < -0.3 is 9.84 Å². The van der Waals surface area contributed by atoms with Gasteiger partial charge in [0.1, 0.15) is 17.3 Å². The predicted octanol–water partition coefficient (Wildman–Crippen LogP) is 4.32. The average molecular weight is 412 g/mol. The number of aliphatic imine (C=N–C) groups is 1. The van der Waals surface area contributed by atoms with E-state index in [1.54, 1.807) is 42.5 Å². The maximum atomic E-state index is 13.3. The summed E-state index contributed by atoms with van der Waals surface area (Å²) in [6, 6.07) is 20.9. The number of hydrogen-bond donors (Lipinski definition) is 1. The van der Waals surface area contributed by atoms with Crippen LogP contribution in [0.1, 0.15) is 27.0 Å². The van der Waals surface area contributed by atoms with E-state index in [2.05, 4.69) is 4.99 Å². The van der Waals surface area contributed by atoms with Gasteiger partial charge in [-0.25, -0.2) is 9.79 Å². The van der Waals surface area contributed by atoms with Gasteiger partial charge in [0.15, 0.2) is 0 Å². The Labute approximate surface area is 179 Å². The van der Waals surface area contributed by atoms with Crippen molar-refractivity contribution in [3.63, 3.8) is 0 Å². The van der Waals surface area contributed by atoms with Gasteiger partial charge in [0.2, 0.25) is 0 Å². The number of rotatable bonds is 4. The number of amides is 1. The zero-order valence-electron chi connectivity index (χ0n) is 17.1. The normalized spacial score (nSPS) is 14.6. The number of ether oxygens (including phenoxy) is 1. The van der Waals surface area contributed by atoms with Crippen molar-refractivity contribution in [3.05, 3.63) is 101 Å². The van der Waals surface area contributed by atoms with Crippen LogP contribution in [0.3, 0.4) is 0 Å². The van der Waals surface area contributed by atoms with E-state index in [1.165, 1.54) is 24.1 Å². The maximum Gasteiger partial charge on any atom is 0.337 e. The molecule has 0 unspecified atom stereocenters. The number of amidine groups is 1.